The van der Waals surface area contributed by atoms with Gasteiger partial charge in [0.15, 0.2) is 5.43 Å². The number of nitro benzene ring substituents is 1. The fourth-order valence-corrected chi connectivity index (χ4v) is 4.74. The van der Waals surface area contributed by atoms with Crippen LogP contribution >= 0.6 is 0 Å². The first-order chi connectivity index (χ1) is 18.7. The van der Waals surface area contributed by atoms with E-state index in [0.29, 0.717) is 34.4 Å². The number of nitro groups is 1. The topological polar surface area (TPSA) is 120 Å². The van der Waals surface area contributed by atoms with Crippen LogP contribution in [-0.4, -0.2) is 23.4 Å². The van der Waals surface area contributed by atoms with Gasteiger partial charge in [0.2, 0.25) is 5.76 Å². The summed E-state index contributed by atoms with van der Waals surface area (Å²) in [6, 6.07) is 14.7. The fourth-order valence-electron chi connectivity index (χ4n) is 4.74. The molecule has 2 heterocycles. The maximum absolute atomic E-state index is 13.8. The van der Waals surface area contributed by atoms with Gasteiger partial charge in [-0.3, -0.25) is 24.6 Å². The first-order valence-electron chi connectivity index (χ1n) is 12.6. The van der Waals surface area contributed by atoms with E-state index in [-0.39, 0.29) is 22.4 Å². The van der Waals surface area contributed by atoms with Crippen molar-refractivity contribution in [2.45, 2.75) is 39.7 Å². The Labute approximate surface area is 223 Å². The number of anilines is 1. The second-order valence-electron chi connectivity index (χ2n) is 9.57. The van der Waals surface area contributed by atoms with Crippen molar-refractivity contribution in [3.8, 4) is 0 Å². The van der Waals surface area contributed by atoms with Gasteiger partial charge in [0.25, 0.3) is 11.6 Å². The number of nitrogens with zero attached hydrogens (tertiary/aromatic N) is 2. The van der Waals surface area contributed by atoms with Gasteiger partial charge >= 0.3 is 5.97 Å². The van der Waals surface area contributed by atoms with Gasteiger partial charge in [-0.1, -0.05) is 13.3 Å². The Morgan fingerprint density at radius 2 is 1.69 bits per heavy atom. The summed E-state index contributed by atoms with van der Waals surface area (Å²) in [5.74, 6) is -1.07. The third-order valence-electron chi connectivity index (χ3n) is 7.02. The van der Waals surface area contributed by atoms with Crippen LogP contribution in [0.4, 0.5) is 11.4 Å². The quantitative estimate of drug-likeness (QED) is 0.125. The second-order valence-corrected chi connectivity index (χ2v) is 9.57. The van der Waals surface area contributed by atoms with Crippen LogP contribution in [0.25, 0.3) is 11.0 Å². The number of carbonyl (C=O) groups is 2. The van der Waals surface area contributed by atoms with Gasteiger partial charge in [0.05, 0.1) is 34.1 Å². The molecule has 1 unspecified atom stereocenters. The molecule has 0 fully saturated rings. The average Bonchev–Trinajstić information content (AvgIpc) is 3.22. The summed E-state index contributed by atoms with van der Waals surface area (Å²) in [5.41, 5.74) is 3.10. The van der Waals surface area contributed by atoms with Crippen molar-refractivity contribution in [2.24, 2.45) is 0 Å². The van der Waals surface area contributed by atoms with Gasteiger partial charge in [-0.15, -0.1) is 0 Å². The van der Waals surface area contributed by atoms with E-state index in [1.807, 2.05) is 20.8 Å². The molecule has 1 aliphatic heterocycles. The Balaban J connectivity index is 1.64. The Morgan fingerprint density at radius 1 is 1.03 bits per heavy atom. The molecule has 0 saturated carbocycles. The Hall–Kier alpha value is -4.79. The van der Waals surface area contributed by atoms with Crippen molar-refractivity contribution in [1.82, 2.24) is 0 Å². The van der Waals surface area contributed by atoms with Crippen molar-refractivity contribution < 1.29 is 23.7 Å². The Bertz CT molecular complexity index is 1670. The summed E-state index contributed by atoms with van der Waals surface area (Å²) in [4.78, 5) is 52.1. The van der Waals surface area contributed by atoms with E-state index in [0.717, 1.165) is 24.0 Å². The monoisotopic (exact) mass is 526 g/mol. The lowest BCUT2D eigenvalue weighted by atomic mass is 9.97. The molecule has 0 radical (unpaired) electrons. The van der Waals surface area contributed by atoms with Gasteiger partial charge < -0.3 is 9.15 Å². The summed E-state index contributed by atoms with van der Waals surface area (Å²) in [5, 5.41) is 11.6. The maximum atomic E-state index is 13.8. The lowest BCUT2D eigenvalue weighted by molar-refractivity contribution is -0.384. The molecule has 198 valence electrons. The number of ether oxygens (including phenoxy) is 1. The highest BCUT2D eigenvalue weighted by molar-refractivity contribution is 6.11. The van der Waals surface area contributed by atoms with E-state index in [2.05, 4.69) is 0 Å². The number of unbranched alkanes of at least 4 members (excludes halogenated alkanes) is 1. The number of hydrogen-bond acceptors (Lipinski definition) is 7. The SMILES string of the molecule is CCCCOC(=O)c1ccc(N2C(=O)c3oc4cc(C)c(C)cc4c(=O)c3C2c2ccc([N+](=O)[O-])cc2)cc1. The number of benzene rings is 3. The van der Waals surface area contributed by atoms with Crippen LogP contribution < -0.4 is 10.3 Å². The molecular formula is C30H26N2O7. The van der Waals surface area contributed by atoms with Crippen LogP contribution in [0.15, 0.2) is 69.9 Å². The normalized spacial score (nSPS) is 14.5. The third-order valence-corrected chi connectivity index (χ3v) is 7.02. The van der Waals surface area contributed by atoms with Crippen molar-refractivity contribution in [2.75, 3.05) is 11.5 Å². The van der Waals surface area contributed by atoms with E-state index in [4.69, 9.17) is 9.15 Å². The minimum Gasteiger partial charge on any atom is -0.462 e. The van der Waals surface area contributed by atoms with Gasteiger partial charge in [-0.25, -0.2) is 4.79 Å². The van der Waals surface area contributed by atoms with Crippen molar-refractivity contribution >= 4 is 34.2 Å². The molecular weight excluding hydrogens is 500 g/mol. The number of non-ortho nitro benzene ring substituents is 1. The Kier molecular flexibility index (Phi) is 6.74. The van der Waals surface area contributed by atoms with E-state index in [1.165, 1.54) is 29.2 Å². The van der Waals surface area contributed by atoms with Crippen LogP contribution in [0, 0.1) is 24.0 Å². The lowest BCUT2D eigenvalue weighted by Gasteiger charge is -2.25. The highest BCUT2D eigenvalue weighted by atomic mass is 16.6. The molecule has 1 atom stereocenters. The van der Waals surface area contributed by atoms with Crippen LogP contribution in [0.5, 0.6) is 0 Å². The predicted octanol–water partition coefficient (Wildman–Crippen LogP) is 6.02. The largest absolute Gasteiger partial charge is 0.462 e. The number of esters is 1. The molecule has 5 rings (SSSR count). The molecule has 4 aromatic rings. The molecule has 1 amide bonds. The number of rotatable bonds is 7. The van der Waals surface area contributed by atoms with Gasteiger partial charge in [-0.05, 0) is 85.5 Å². The zero-order chi connectivity index (χ0) is 27.8. The minimum absolute atomic E-state index is 0.0813. The van der Waals surface area contributed by atoms with Gasteiger partial charge in [0, 0.05) is 17.8 Å². The number of hydrogen-bond donors (Lipinski definition) is 0. The third kappa shape index (κ3) is 4.56. The van der Waals surface area contributed by atoms with Crippen LogP contribution in [0.3, 0.4) is 0 Å². The number of carbonyl (C=O) groups excluding carboxylic acids is 2. The summed E-state index contributed by atoms with van der Waals surface area (Å²) < 4.78 is 11.3. The molecule has 0 N–H and O–H groups in total. The van der Waals surface area contributed by atoms with E-state index in [9.17, 15) is 24.5 Å². The highest BCUT2D eigenvalue weighted by Crippen LogP contribution is 2.41. The first kappa shape index (κ1) is 25.8. The zero-order valence-corrected chi connectivity index (χ0v) is 21.7. The van der Waals surface area contributed by atoms with Crippen LogP contribution in [0.1, 0.15) is 69.0 Å². The molecule has 9 heteroatoms. The number of aryl methyl sites for hydroxylation is 2. The fraction of sp³-hybridized carbons (Fsp3) is 0.233. The molecule has 3 aromatic carbocycles. The summed E-state index contributed by atoms with van der Waals surface area (Å²) >= 11 is 0. The van der Waals surface area contributed by atoms with Gasteiger partial charge in [0.1, 0.15) is 5.58 Å². The molecule has 39 heavy (non-hydrogen) atoms. The van der Waals surface area contributed by atoms with Crippen molar-refractivity contribution in [3.63, 3.8) is 0 Å². The van der Waals surface area contributed by atoms with Crippen LogP contribution in [-0.2, 0) is 4.74 Å². The maximum Gasteiger partial charge on any atom is 0.338 e. The van der Waals surface area contributed by atoms with Crippen molar-refractivity contribution in [3.05, 3.63) is 115 Å². The summed E-state index contributed by atoms with van der Waals surface area (Å²) in [6.07, 6.45) is 1.66. The minimum atomic E-state index is -0.891. The molecule has 0 spiro atoms. The zero-order valence-electron chi connectivity index (χ0n) is 21.7. The van der Waals surface area contributed by atoms with Crippen LogP contribution in [0.2, 0.25) is 0 Å². The van der Waals surface area contributed by atoms with Crippen molar-refractivity contribution in [1.29, 1.82) is 0 Å². The molecule has 1 aliphatic rings. The average molecular weight is 527 g/mol. The second kappa shape index (κ2) is 10.2. The molecule has 0 aliphatic carbocycles. The molecule has 0 bridgehead atoms. The van der Waals surface area contributed by atoms with E-state index >= 15 is 0 Å². The van der Waals surface area contributed by atoms with E-state index < -0.39 is 22.8 Å². The van der Waals surface area contributed by atoms with Gasteiger partial charge in [-0.2, -0.15) is 0 Å². The lowest BCUT2D eigenvalue weighted by Crippen LogP contribution is -2.29. The smallest absolute Gasteiger partial charge is 0.338 e. The standard InChI is InChI=1S/C30H26N2O7/c1-4-5-14-38-30(35)20-8-10-21(11-9-20)31-26(19-6-12-22(13-7-19)32(36)37)25-27(33)23-15-17(2)18(3)16-24(23)39-28(25)29(31)34/h6-13,15-16,26H,4-5,14H2,1-3H3. The molecule has 0 saturated heterocycles. The highest BCUT2D eigenvalue weighted by Gasteiger charge is 2.43. The number of amides is 1. The summed E-state index contributed by atoms with van der Waals surface area (Å²) in [7, 11) is 0. The van der Waals surface area contributed by atoms with E-state index in [1.54, 1.807) is 36.4 Å². The summed E-state index contributed by atoms with van der Waals surface area (Å²) in [6.45, 7) is 6.10. The first-order valence-corrected chi connectivity index (χ1v) is 12.6. The molecule has 9 nitrogen and oxygen atoms in total. The molecule has 1 aromatic heterocycles. The Morgan fingerprint density at radius 3 is 2.33 bits per heavy atom. The number of fused-ring (bicyclic) bond motifs is 2. The predicted molar refractivity (Wildman–Crippen MR) is 145 cm³/mol.